The quantitative estimate of drug-likeness (QED) is 0.219. The third-order valence-electron chi connectivity index (χ3n) is 4.71. The Hall–Kier alpha value is -3.19. The van der Waals surface area contributed by atoms with Gasteiger partial charge in [-0.1, -0.05) is 36.0 Å². The van der Waals surface area contributed by atoms with Gasteiger partial charge in [0.15, 0.2) is 5.16 Å². The maximum Gasteiger partial charge on any atom is 0.263 e. The van der Waals surface area contributed by atoms with Crippen molar-refractivity contribution < 1.29 is 4.79 Å². The molecule has 0 fully saturated rings. The number of nitriles is 1. The second-order valence-electron chi connectivity index (χ2n) is 6.81. The van der Waals surface area contributed by atoms with Crippen molar-refractivity contribution in [3.63, 3.8) is 0 Å². The molecule has 0 unspecified atom stereocenters. The Kier molecular flexibility index (Phi) is 6.55. The summed E-state index contributed by atoms with van der Waals surface area (Å²) in [6, 6.07) is 12.8. The smallest absolute Gasteiger partial charge is 0.263 e. The highest BCUT2D eigenvalue weighted by Gasteiger charge is 2.22. The van der Waals surface area contributed by atoms with E-state index >= 15 is 0 Å². The number of carbonyl (C=O) groups is 1. The van der Waals surface area contributed by atoms with Crippen LogP contribution >= 0.6 is 34.4 Å². The molecule has 4 aromatic rings. The van der Waals surface area contributed by atoms with Crippen LogP contribution in [0, 0.1) is 11.3 Å². The van der Waals surface area contributed by atoms with E-state index in [0.717, 1.165) is 10.4 Å². The average molecular weight is 479 g/mol. The second-order valence-corrected chi connectivity index (χ2v) is 9.93. The van der Waals surface area contributed by atoms with Gasteiger partial charge in [0.1, 0.15) is 10.9 Å². The van der Waals surface area contributed by atoms with Crippen molar-refractivity contribution in [2.75, 3.05) is 5.32 Å². The summed E-state index contributed by atoms with van der Waals surface area (Å²) in [5, 5.41) is 16.5. The number of nitrogens with zero attached hydrogens (tertiary/aromatic N) is 3. The largest absolute Gasteiger partial charge is 0.324 e. The predicted molar refractivity (Wildman–Crippen MR) is 132 cm³/mol. The molecule has 1 N–H and O–H groups in total. The molecule has 0 radical (unpaired) electrons. The highest BCUT2D eigenvalue weighted by Crippen LogP contribution is 2.35. The molecule has 0 saturated heterocycles. The van der Waals surface area contributed by atoms with Crippen molar-refractivity contribution in [1.29, 1.82) is 5.26 Å². The number of rotatable bonds is 7. The number of aromatic nitrogens is 2. The molecule has 160 valence electrons. The van der Waals surface area contributed by atoms with Crippen LogP contribution in [0.3, 0.4) is 0 Å². The summed E-state index contributed by atoms with van der Waals surface area (Å²) in [5.74, 6) is -0.275. The molecule has 0 aliphatic carbocycles. The van der Waals surface area contributed by atoms with Crippen LogP contribution in [0.25, 0.3) is 20.7 Å². The number of thiophene rings is 2. The number of anilines is 1. The zero-order valence-electron chi connectivity index (χ0n) is 17.1. The topological polar surface area (TPSA) is 87.8 Å². The van der Waals surface area contributed by atoms with Crippen LogP contribution in [-0.2, 0) is 11.3 Å². The second kappa shape index (κ2) is 9.53. The Bertz CT molecular complexity index is 1400. The molecule has 1 atom stereocenters. The lowest BCUT2D eigenvalue weighted by molar-refractivity contribution is -0.115. The first kappa shape index (κ1) is 22.0. The minimum atomic E-state index is -0.543. The normalized spacial score (nSPS) is 11.8. The van der Waals surface area contributed by atoms with E-state index in [0.29, 0.717) is 26.6 Å². The maximum absolute atomic E-state index is 13.4. The Labute approximate surface area is 196 Å². The maximum atomic E-state index is 13.4. The standard InChI is InChI=1S/C23H18N4O2S3/c1-3-10-27-22(29)19-16(18-9-6-11-30-18)13-31-21(19)26-23(27)32-14(2)20(28)25-17-8-5-4-7-15(17)12-24/h3-9,11,13-14H,1,10H2,2H3,(H,25,28)/t14-/m0/s1. The molecular formula is C23H18N4O2S3. The molecular weight excluding hydrogens is 460 g/mol. The minimum absolute atomic E-state index is 0.149. The van der Waals surface area contributed by atoms with E-state index in [1.807, 2.05) is 22.9 Å². The van der Waals surface area contributed by atoms with Gasteiger partial charge < -0.3 is 5.32 Å². The zero-order valence-corrected chi connectivity index (χ0v) is 19.5. The van der Waals surface area contributed by atoms with Crippen molar-refractivity contribution in [3.05, 3.63) is 75.7 Å². The monoisotopic (exact) mass is 478 g/mol. The fourth-order valence-electron chi connectivity index (χ4n) is 3.13. The summed E-state index contributed by atoms with van der Waals surface area (Å²) in [4.78, 5) is 32.5. The zero-order chi connectivity index (χ0) is 22.7. The lowest BCUT2D eigenvalue weighted by Gasteiger charge is -2.15. The van der Waals surface area contributed by atoms with Crippen LogP contribution in [0.5, 0.6) is 0 Å². The van der Waals surface area contributed by atoms with Gasteiger partial charge in [0.05, 0.1) is 21.9 Å². The van der Waals surface area contributed by atoms with Crippen LogP contribution in [0.15, 0.2) is 69.8 Å². The van der Waals surface area contributed by atoms with Crippen LogP contribution in [0.4, 0.5) is 5.69 Å². The van der Waals surface area contributed by atoms with Gasteiger partial charge in [0.2, 0.25) is 5.91 Å². The highest BCUT2D eigenvalue weighted by molar-refractivity contribution is 8.00. The van der Waals surface area contributed by atoms with Crippen LogP contribution in [-0.4, -0.2) is 20.7 Å². The van der Waals surface area contributed by atoms with E-state index in [9.17, 15) is 14.9 Å². The molecule has 9 heteroatoms. The van der Waals surface area contributed by atoms with E-state index in [1.54, 1.807) is 53.2 Å². The molecule has 0 aliphatic heterocycles. The van der Waals surface area contributed by atoms with Crippen molar-refractivity contribution in [2.24, 2.45) is 0 Å². The first-order valence-electron chi connectivity index (χ1n) is 9.67. The Morgan fingerprint density at radius 2 is 2.16 bits per heavy atom. The highest BCUT2D eigenvalue weighted by atomic mass is 32.2. The van der Waals surface area contributed by atoms with E-state index in [1.165, 1.54) is 23.1 Å². The SMILES string of the molecule is C=CCn1c(S[C@@H](C)C(=O)Nc2ccccc2C#N)nc2scc(-c3cccs3)c2c1=O. The molecule has 0 saturated carbocycles. The molecule has 1 aromatic carbocycles. The van der Waals surface area contributed by atoms with Gasteiger partial charge in [-0.2, -0.15) is 5.26 Å². The Morgan fingerprint density at radius 3 is 2.88 bits per heavy atom. The van der Waals surface area contributed by atoms with E-state index in [-0.39, 0.29) is 18.0 Å². The van der Waals surface area contributed by atoms with Crippen molar-refractivity contribution >= 4 is 56.2 Å². The molecule has 3 aromatic heterocycles. The summed E-state index contributed by atoms with van der Waals surface area (Å²) in [7, 11) is 0. The van der Waals surface area contributed by atoms with Gasteiger partial charge in [-0.05, 0) is 30.5 Å². The fourth-order valence-corrected chi connectivity index (χ4v) is 5.86. The number of para-hydroxylation sites is 1. The lowest BCUT2D eigenvalue weighted by Crippen LogP contribution is -2.26. The minimum Gasteiger partial charge on any atom is -0.324 e. The van der Waals surface area contributed by atoms with Gasteiger partial charge in [0, 0.05) is 22.4 Å². The predicted octanol–water partition coefficient (Wildman–Crippen LogP) is 5.36. The number of carbonyl (C=O) groups excluding carboxylic acids is 1. The molecule has 3 heterocycles. The Morgan fingerprint density at radius 1 is 1.34 bits per heavy atom. The summed E-state index contributed by atoms with van der Waals surface area (Å²) in [6.07, 6.45) is 1.64. The van der Waals surface area contributed by atoms with Gasteiger partial charge in [-0.3, -0.25) is 14.2 Å². The molecule has 32 heavy (non-hydrogen) atoms. The molecule has 4 rings (SSSR count). The number of benzene rings is 1. The number of hydrogen-bond acceptors (Lipinski definition) is 7. The average Bonchev–Trinajstić information content (AvgIpc) is 3.46. The molecule has 0 spiro atoms. The summed E-state index contributed by atoms with van der Waals surface area (Å²) >= 11 is 4.20. The van der Waals surface area contributed by atoms with E-state index in [4.69, 9.17) is 4.98 Å². The van der Waals surface area contributed by atoms with Crippen molar-refractivity contribution in [2.45, 2.75) is 23.9 Å². The number of amides is 1. The van der Waals surface area contributed by atoms with Crippen molar-refractivity contribution in [3.8, 4) is 16.5 Å². The molecule has 0 aliphatic rings. The summed E-state index contributed by atoms with van der Waals surface area (Å²) in [5.41, 5.74) is 1.58. The van der Waals surface area contributed by atoms with Gasteiger partial charge in [-0.15, -0.1) is 29.3 Å². The van der Waals surface area contributed by atoms with E-state index in [2.05, 4.69) is 18.0 Å². The Balaban J connectivity index is 1.67. The number of allylic oxidation sites excluding steroid dienone is 1. The molecule has 0 bridgehead atoms. The van der Waals surface area contributed by atoms with Crippen molar-refractivity contribution in [1.82, 2.24) is 9.55 Å². The first-order chi connectivity index (χ1) is 15.5. The van der Waals surface area contributed by atoms with Crippen LogP contribution in [0.1, 0.15) is 12.5 Å². The number of nitrogens with one attached hydrogen (secondary N) is 1. The van der Waals surface area contributed by atoms with Crippen LogP contribution in [0.2, 0.25) is 0 Å². The van der Waals surface area contributed by atoms with Gasteiger partial charge in [-0.25, -0.2) is 4.98 Å². The number of hydrogen-bond donors (Lipinski definition) is 1. The third kappa shape index (κ3) is 4.25. The number of fused-ring (bicyclic) bond motifs is 1. The fraction of sp³-hybridized carbons (Fsp3) is 0.130. The summed E-state index contributed by atoms with van der Waals surface area (Å²) < 4.78 is 1.55. The summed E-state index contributed by atoms with van der Waals surface area (Å²) in [6.45, 7) is 5.80. The third-order valence-corrected chi connectivity index (χ3v) is 7.58. The molecule has 1 amide bonds. The van der Waals surface area contributed by atoms with E-state index < -0.39 is 5.25 Å². The lowest BCUT2D eigenvalue weighted by atomic mass is 10.2. The van der Waals surface area contributed by atoms with Crippen LogP contribution < -0.4 is 10.9 Å². The van der Waals surface area contributed by atoms with Gasteiger partial charge >= 0.3 is 0 Å². The first-order valence-corrected chi connectivity index (χ1v) is 12.3. The molecule has 6 nitrogen and oxygen atoms in total. The number of thioether (sulfide) groups is 1. The van der Waals surface area contributed by atoms with Gasteiger partial charge in [0.25, 0.3) is 5.56 Å².